The van der Waals surface area contributed by atoms with Crippen molar-refractivity contribution >= 4 is 34.9 Å². The predicted molar refractivity (Wildman–Crippen MR) is 92.9 cm³/mol. The van der Waals surface area contributed by atoms with Crippen molar-refractivity contribution < 1.29 is 14.1 Å². The Kier molecular flexibility index (Phi) is 4.99. The number of amides is 2. The average Bonchev–Trinajstić information content (AvgIpc) is 2.95. The third kappa shape index (κ3) is 3.09. The largest absolute Gasteiger partial charge is 0.378 e. The Labute approximate surface area is 149 Å². The molecular formula is C16H17Cl2N3O3. The van der Waals surface area contributed by atoms with E-state index >= 15 is 0 Å². The smallest absolute Gasteiger partial charge is 0.324 e. The summed E-state index contributed by atoms with van der Waals surface area (Å²) >= 11 is 12.6. The number of anilines is 1. The predicted octanol–water partition coefficient (Wildman–Crippen LogP) is 3.85. The molecule has 1 aromatic carbocycles. The Balaban J connectivity index is 1.99. The van der Waals surface area contributed by atoms with Crippen LogP contribution < -0.4 is 4.90 Å². The van der Waals surface area contributed by atoms with E-state index in [9.17, 15) is 4.79 Å². The number of carbonyl (C=O) groups excluding carboxylic acids is 1. The van der Waals surface area contributed by atoms with Gasteiger partial charge in [-0.2, -0.15) is 0 Å². The molecule has 1 fully saturated rings. The summed E-state index contributed by atoms with van der Waals surface area (Å²) in [5.74, 6) is 0.519. The lowest BCUT2D eigenvalue weighted by atomic mass is 10.1. The van der Waals surface area contributed by atoms with Crippen molar-refractivity contribution in [2.24, 2.45) is 0 Å². The van der Waals surface area contributed by atoms with Crippen LogP contribution in [-0.2, 0) is 4.74 Å². The van der Waals surface area contributed by atoms with Crippen molar-refractivity contribution in [2.45, 2.75) is 6.92 Å². The highest BCUT2D eigenvalue weighted by atomic mass is 35.5. The summed E-state index contributed by atoms with van der Waals surface area (Å²) in [6, 6.07) is 5.05. The topological polar surface area (TPSA) is 58.8 Å². The molecule has 24 heavy (non-hydrogen) atoms. The number of aromatic nitrogens is 1. The van der Waals surface area contributed by atoms with Gasteiger partial charge in [-0.3, -0.25) is 4.90 Å². The number of benzene rings is 1. The van der Waals surface area contributed by atoms with Gasteiger partial charge in [-0.05, 0) is 19.1 Å². The molecule has 1 aliphatic rings. The Morgan fingerprint density at radius 2 is 1.88 bits per heavy atom. The van der Waals surface area contributed by atoms with Crippen LogP contribution in [0, 0.1) is 6.92 Å². The van der Waals surface area contributed by atoms with Gasteiger partial charge in [0.15, 0.2) is 5.76 Å². The van der Waals surface area contributed by atoms with Crippen LogP contribution in [0.15, 0.2) is 22.7 Å². The highest BCUT2D eigenvalue weighted by Gasteiger charge is 2.28. The molecule has 6 nitrogen and oxygen atoms in total. The van der Waals surface area contributed by atoms with Crippen LogP contribution in [0.2, 0.25) is 10.0 Å². The Hall–Kier alpha value is -1.76. The first-order chi connectivity index (χ1) is 11.5. The highest BCUT2D eigenvalue weighted by molar-refractivity contribution is 6.39. The number of morpholine rings is 1. The fourth-order valence-electron chi connectivity index (χ4n) is 2.71. The monoisotopic (exact) mass is 369 g/mol. The average molecular weight is 370 g/mol. The number of nitrogens with zero attached hydrogens (tertiary/aromatic N) is 3. The lowest BCUT2D eigenvalue weighted by molar-refractivity contribution is 0.0551. The third-order valence-electron chi connectivity index (χ3n) is 3.94. The van der Waals surface area contributed by atoms with Crippen molar-refractivity contribution in [3.63, 3.8) is 0 Å². The van der Waals surface area contributed by atoms with Crippen LogP contribution in [0.3, 0.4) is 0 Å². The molecule has 0 spiro atoms. The van der Waals surface area contributed by atoms with Gasteiger partial charge < -0.3 is 14.2 Å². The zero-order chi connectivity index (χ0) is 17.3. The first-order valence-corrected chi connectivity index (χ1v) is 8.27. The molecule has 3 rings (SSSR count). The number of halogens is 2. The zero-order valence-electron chi connectivity index (χ0n) is 13.4. The minimum atomic E-state index is -0.144. The van der Waals surface area contributed by atoms with E-state index in [1.807, 2.05) is 0 Å². The first-order valence-electron chi connectivity index (χ1n) is 7.51. The van der Waals surface area contributed by atoms with Crippen LogP contribution in [0.5, 0.6) is 0 Å². The maximum Gasteiger partial charge on any atom is 0.324 e. The fraction of sp³-hybridized carbons (Fsp3) is 0.375. The molecule has 0 aliphatic carbocycles. The Bertz CT molecular complexity index is 737. The normalized spacial score (nSPS) is 14.8. The maximum absolute atomic E-state index is 12.8. The lowest BCUT2D eigenvalue weighted by Gasteiger charge is -2.31. The van der Waals surface area contributed by atoms with E-state index in [0.29, 0.717) is 59.1 Å². The second-order valence-corrected chi connectivity index (χ2v) is 6.29. The van der Waals surface area contributed by atoms with Crippen LogP contribution in [0.4, 0.5) is 10.5 Å². The van der Waals surface area contributed by atoms with Gasteiger partial charge in [0, 0.05) is 25.7 Å². The van der Waals surface area contributed by atoms with E-state index in [-0.39, 0.29) is 6.03 Å². The van der Waals surface area contributed by atoms with E-state index in [1.54, 1.807) is 37.1 Å². The van der Waals surface area contributed by atoms with Gasteiger partial charge in [-0.15, -0.1) is 0 Å². The maximum atomic E-state index is 12.8. The number of rotatable bonds is 2. The summed E-state index contributed by atoms with van der Waals surface area (Å²) in [6.07, 6.45) is 0. The van der Waals surface area contributed by atoms with Gasteiger partial charge in [-0.1, -0.05) is 34.4 Å². The number of carbonyl (C=O) groups is 1. The fourth-order valence-corrected chi connectivity index (χ4v) is 3.29. The van der Waals surface area contributed by atoms with Crippen molar-refractivity contribution in [1.82, 2.24) is 10.1 Å². The van der Waals surface area contributed by atoms with Gasteiger partial charge >= 0.3 is 6.03 Å². The van der Waals surface area contributed by atoms with E-state index in [1.165, 1.54) is 4.90 Å². The second-order valence-electron chi connectivity index (χ2n) is 5.47. The molecule has 2 aromatic rings. The number of urea groups is 1. The van der Waals surface area contributed by atoms with Crippen molar-refractivity contribution in [3.05, 3.63) is 34.0 Å². The molecule has 0 bridgehead atoms. The van der Waals surface area contributed by atoms with Crippen LogP contribution in [0.1, 0.15) is 5.76 Å². The highest BCUT2D eigenvalue weighted by Crippen LogP contribution is 2.40. The van der Waals surface area contributed by atoms with E-state index in [2.05, 4.69) is 5.16 Å². The van der Waals surface area contributed by atoms with Gasteiger partial charge in [0.1, 0.15) is 11.4 Å². The molecule has 2 heterocycles. The molecule has 2 amide bonds. The molecular weight excluding hydrogens is 353 g/mol. The van der Waals surface area contributed by atoms with Gasteiger partial charge in [0.2, 0.25) is 0 Å². The molecule has 1 saturated heterocycles. The summed E-state index contributed by atoms with van der Waals surface area (Å²) in [5, 5.41) is 4.97. The number of hydrogen-bond donors (Lipinski definition) is 0. The molecule has 1 aliphatic heterocycles. The van der Waals surface area contributed by atoms with E-state index in [0.717, 1.165) is 0 Å². The van der Waals surface area contributed by atoms with E-state index < -0.39 is 0 Å². The SMILES string of the molecule is Cc1onc(-c2c(Cl)cccc2Cl)c1N(C)C(=O)N1CCOCC1. The Morgan fingerprint density at radius 1 is 1.25 bits per heavy atom. The number of hydrogen-bond acceptors (Lipinski definition) is 4. The second kappa shape index (κ2) is 7.01. The van der Waals surface area contributed by atoms with Crippen LogP contribution in [0.25, 0.3) is 11.3 Å². The summed E-state index contributed by atoms with van der Waals surface area (Å²) in [7, 11) is 1.69. The summed E-state index contributed by atoms with van der Waals surface area (Å²) in [6.45, 7) is 3.92. The quantitative estimate of drug-likeness (QED) is 0.806. The first kappa shape index (κ1) is 17.1. The molecule has 1 aromatic heterocycles. The minimum absolute atomic E-state index is 0.144. The summed E-state index contributed by atoms with van der Waals surface area (Å²) in [4.78, 5) is 16.0. The molecule has 0 atom stereocenters. The molecule has 0 unspecified atom stereocenters. The van der Waals surface area contributed by atoms with Crippen LogP contribution >= 0.6 is 23.2 Å². The minimum Gasteiger partial charge on any atom is -0.378 e. The van der Waals surface area contributed by atoms with Crippen LogP contribution in [-0.4, -0.2) is 49.4 Å². The molecule has 0 saturated carbocycles. The summed E-state index contributed by atoms with van der Waals surface area (Å²) in [5.41, 5.74) is 1.56. The molecule has 128 valence electrons. The van der Waals surface area contributed by atoms with E-state index in [4.69, 9.17) is 32.5 Å². The Morgan fingerprint density at radius 3 is 2.50 bits per heavy atom. The standard InChI is InChI=1S/C16H17Cl2N3O3/c1-10-15(20(2)16(22)21-6-8-23-9-7-21)14(19-24-10)13-11(17)4-3-5-12(13)18/h3-5H,6-9H2,1-2H3. The van der Waals surface area contributed by atoms with Crippen molar-refractivity contribution in [1.29, 1.82) is 0 Å². The third-order valence-corrected chi connectivity index (χ3v) is 4.57. The van der Waals surface area contributed by atoms with Gasteiger partial charge in [-0.25, -0.2) is 4.79 Å². The summed E-state index contributed by atoms with van der Waals surface area (Å²) < 4.78 is 10.6. The number of ether oxygens (including phenoxy) is 1. The molecule has 0 N–H and O–H groups in total. The van der Waals surface area contributed by atoms with Crippen molar-refractivity contribution in [2.75, 3.05) is 38.3 Å². The number of aryl methyl sites for hydroxylation is 1. The zero-order valence-corrected chi connectivity index (χ0v) is 14.9. The molecule has 0 radical (unpaired) electrons. The van der Waals surface area contributed by atoms with Gasteiger partial charge in [0.05, 0.1) is 23.3 Å². The van der Waals surface area contributed by atoms with Crippen molar-refractivity contribution in [3.8, 4) is 11.3 Å². The van der Waals surface area contributed by atoms with Gasteiger partial charge in [0.25, 0.3) is 0 Å². The molecule has 8 heteroatoms. The lowest BCUT2D eigenvalue weighted by Crippen LogP contribution is -2.47.